The number of ether oxygens (including phenoxy) is 1. The number of anilines is 2. The van der Waals surface area contributed by atoms with Gasteiger partial charge in [0.15, 0.2) is 0 Å². The Morgan fingerprint density at radius 1 is 1.00 bits per heavy atom. The molecule has 3 amide bonds. The Hall–Kier alpha value is -3.68. The van der Waals surface area contributed by atoms with E-state index >= 15 is 0 Å². The number of carbonyl (C=O) groups excluding carboxylic acids is 4. The molecule has 1 atom stereocenters. The molecule has 1 aliphatic heterocycles. The monoisotopic (exact) mass is 437 g/mol. The topological polar surface area (TPSA) is 105 Å². The van der Waals surface area contributed by atoms with Gasteiger partial charge in [0.2, 0.25) is 11.8 Å². The smallest absolute Gasteiger partial charge is 0.308 e. The van der Waals surface area contributed by atoms with Crippen LogP contribution in [-0.4, -0.2) is 40.7 Å². The minimum atomic E-state index is -0.472. The van der Waals surface area contributed by atoms with Crippen LogP contribution < -0.4 is 15.4 Å². The first-order valence-electron chi connectivity index (χ1n) is 10.3. The summed E-state index contributed by atoms with van der Waals surface area (Å²) in [6.07, 6.45) is 0.179. The van der Waals surface area contributed by atoms with Crippen molar-refractivity contribution in [1.29, 1.82) is 0 Å². The lowest BCUT2D eigenvalue weighted by atomic mass is 10.1. The Bertz CT molecular complexity index is 1060. The van der Waals surface area contributed by atoms with Gasteiger partial charge < -0.3 is 20.3 Å². The van der Waals surface area contributed by atoms with Crippen LogP contribution in [0.2, 0.25) is 0 Å². The number of nitrogens with one attached hydrogen (secondary N) is 2. The molecule has 168 valence electrons. The highest BCUT2D eigenvalue weighted by molar-refractivity contribution is 6.05. The van der Waals surface area contributed by atoms with Crippen LogP contribution in [0.5, 0.6) is 5.75 Å². The fourth-order valence-electron chi connectivity index (χ4n) is 3.52. The first kappa shape index (κ1) is 23.0. The minimum absolute atomic E-state index is 0.0327. The number of amides is 3. The number of benzene rings is 2. The largest absolute Gasteiger partial charge is 0.427 e. The first-order valence-corrected chi connectivity index (χ1v) is 10.3. The highest BCUT2D eigenvalue weighted by Crippen LogP contribution is 2.27. The summed E-state index contributed by atoms with van der Waals surface area (Å²) < 4.78 is 5.01. The highest BCUT2D eigenvalue weighted by Gasteiger charge is 2.39. The quantitative estimate of drug-likeness (QED) is 0.551. The van der Waals surface area contributed by atoms with E-state index in [1.165, 1.54) is 13.0 Å². The number of hydrogen-bond acceptors (Lipinski definition) is 5. The predicted molar refractivity (Wildman–Crippen MR) is 120 cm³/mol. The van der Waals surface area contributed by atoms with E-state index in [2.05, 4.69) is 10.6 Å². The van der Waals surface area contributed by atoms with Crippen molar-refractivity contribution in [2.75, 3.05) is 17.2 Å². The third kappa shape index (κ3) is 5.72. The second kappa shape index (κ2) is 9.21. The van der Waals surface area contributed by atoms with E-state index in [0.717, 1.165) is 0 Å². The van der Waals surface area contributed by atoms with E-state index in [0.29, 0.717) is 23.5 Å². The van der Waals surface area contributed by atoms with Crippen molar-refractivity contribution >= 4 is 35.1 Å². The van der Waals surface area contributed by atoms with E-state index in [1.54, 1.807) is 47.4 Å². The lowest BCUT2D eigenvalue weighted by Crippen LogP contribution is -2.42. The summed E-state index contributed by atoms with van der Waals surface area (Å²) >= 11 is 0. The molecule has 0 bridgehead atoms. The van der Waals surface area contributed by atoms with Crippen LogP contribution in [0.15, 0.2) is 48.5 Å². The van der Waals surface area contributed by atoms with Crippen molar-refractivity contribution in [2.24, 2.45) is 5.92 Å². The molecular formula is C24H27N3O5. The van der Waals surface area contributed by atoms with Crippen molar-refractivity contribution in [3.8, 4) is 5.75 Å². The van der Waals surface area contributed by atoms with Crippen LogP contribution in [0.1, 0.15) is 44.5 Å². The molecule has 2 aromatic rings. The predicted octanol–water partition coefficient (Wildman–Crippen LogP) is 3.45. The third-order valence-corrected chi connectivity index (χ3v) is 5.05. The molecule has 1 saturated heterocycles. The lowest BCUT2D eigenvalue weighted by Gasteiger charge is -2.31. The Morgan fingerprint density at radius 3 is 2.28 bits per heavy atom. The Balaban J connectivity index is 1.65. The van der Waals surface area contributed by atoms with Gasteiger partial charge in [0, 0.05) is 42.4 Å². The van der Waals surface area contributed by atoms with Gasteiger partial charge >= 0.3 is 5.97 Å². The van der Waals surface area contributed by atoms with Crippen LogP contribution in [-0.2, 0) is 14.4 Å². The summed E-state index contributed by atoms with van der Waals surface area (Å²) in [6, 6.07) is 13.0. The van der Waals surface area contributed by atoms with E-state index in [1.807, 2.05) is 20.8 Å². The number of esters is 1. The molecule has 0 aliphatic carbocycles. The second-order valence-electron chi connectivity index (χ2n) is 8.72. The van der Waals surface area contributed by atoms with Crippen LogP contribution in [0.3, 0.4) is 0 Å². The van der Waals surface area contributed by atoms with Crippen LogP contribution >= 0.6 is 0 Å². The zero-order valence-electron chi connectivity index (χ0n) is 18.6. The molecule has 2 aromatic carbocycles. The Labute approximate surface area is 186 Å². The van der Waals surface area contributed by atoms with Gasteiger partial charge in [-0.1, -0.05) is 12.1 Å². The summed E-state index contributed by atoms with van der Waals surface area (Å²) in [4.78, 5) is 50.4. The Kier molecular flexibility index (Phi) is 6.62. The standard InChI is InChI=1S/C24H27N3O5/c1-15(28)32-20-10-5-7-16(11-20)22(30)25-18-8-6-9-19(13-18)26-23(31)17-12-21(29)27(14-17)24(2,3)4/h5-11,13,17H,12,14H2,1-4H3,(H,25,30)(H,26,31). The molecule has 1 heterocycles. The lowest BCUT2D eigenvalue weighted by molar-refractivity contribution is -0.132. The molecule has 32 heavy (non-hydrogen) atoms. The van der Waals surface area contributed by atoms with Gasteiger partial charge in [-0.2, -0.15) is 0 Å². The molecule has 0 aromatic heterocycles. The zero-order valence-corrected chi connectivity index (χ0v) is 18.6. The number of hydrogen-bond donors (Lipinski definition) is 2. The van der Waals surface area contributed by atoms with Gasteiger partial charge in [0.25, 0.3) is 5.91 Å². The zero-order chi connectivity index (χ0) is 23.5. The third-order valence-electron chi connectivity index (χ3n) is 5.05. The highest BCUT2D eigenvalue weighted by atomic mass is 16.5. The fraction of sp³-hybridized carbons (Fsp3) is 0.333. The number of likely N-dealkylation sites (tertiary alicyclic amines) is 1. The van der Waals surface area contributed by atoms with Gasteiger partial charge in [-0.15, -0.1) is 0 Å². The average molecular weight is 437 g/mol. The molecule has 2 N–H and O–H groups in total. The molecule has 0 saturated carbocycles. The summed E-state index contributed by atoms with van der Waals surface area (Å²) in [6.45, 7) is 7.50. The number of rotatable bonds is 5. The van der Waals surface area contributed by atoms with Crippen molar-refractivity contribution in [2.45, 2.75) is 39.7 Å². The average Bonchev–Trinajstić information content (AvgIpc) is 3.10. The van der Waals surface area contributed by atoms with Gasteiger partial charge in [-0.05, 0) is 57.2 Å². The number of nitrogens with zero attached hydrogens (tertiary/aromatic N) is 1. The van der Waals surface area contributed by atoms with Gasteiger partial charge in [-0.25, -0.2) is 0 Å². The summed E-state index contributed by atoms with van der Waals surface area (Å²) in [5.41, 5.74) is 1.00. The molecular weight excluding hydrogens is 410 g/mol. The summed E-state index contributed by atoms with van der Waals surface area (Å²) in [5.74, 6) is -1.27. The van der Waals surface area contributed by atoms with Gasteiger partial charge in [0.05, 0.1) is 5.92 Å². The minimum Gasteiger partial charge on any atom is -0.427 e. The van der Waals surface area contributed by atoms with E-state index in [-0.39, 0.29) is 35.4 Å². The fourth-order valence-corrected chi connectivity index (χ4v) is 3.52. The normalized spacial score (nSPS) is 15.9. The number of carbonyl (C=O) groups is 4. The maximum absolute atomic E-state index is 12.7. The van der Waals surface area contributed by atoms with E-state index in [4.69, 9.17) is 4.74 Å². The van der Waals surface area contributed by atoms with Crippen LogP contribution in [0.25, 0.3) is 0 Å². The second-order valence-corrected chi connectivity index (χ2v) is 8.72. The maximum Gasteiger partial charge on any atom is 0.308 e. The van der Waals surface area contributed by atoms with Crippen molar-refractivity contribution < 1.29 is 23.9 Å². The summed E-state index contributed by atoms with van der Waals surface area (Å²) in [7, 11) is 0. The molecule has 1 fully saturated rings. The van der Waals surface area contributed by atoms with Gasteiger partial charge in [-0.3, -0.25) is 19.2 Å². The summed E-state index contributed by atoms with van der Waals surface area (Å²) in [5, 5.41) is 5.60. The SMILES string of the molecule is CC(=O)Oc1cccc(C(=O)Nc2cccc(NC(=O)C3CC(=O)N(C(C)(C)C)C3)c2)c1. The molecule has 8 heteroatoms. The van der Waals surface area contributed by atoms with Crippen molar-refractivity contribution in [3.05, 3.63) is 54.1 Å². The molecule has 8 nitrogen and oxygen atoms in total. The molecule has 1 unspecified atom stereocenters. The van der Waals surface area contributed by atoms with Crippen LogP contribution in [0, 0.1) is 5.92 Å². The van der Waals surface area contributed by atoms with E-state index < -0.39 is 11.9 Å². The van der Waals surface area contributed by atoms with E-state index in [9.17, 15) is 19.2 Å². The first-order chi connectivity index (χ1) is 15.0. The maximum atomic E-state index is 12.7. The van der Waals surface area contributed by atoms with Crippen molar-refractivity contribution in [1.82, 2.24) is 4.90 Å². The Morgan fingerprint density at radius 2 is 1.66 bits per heavy atom. The van der Waals surface area contributed by atoms with Crippen molar-refractivity contribution in [3.63, 3.8) is 0 Å². The van der Waals surface area contributed by atoms with Gasteiger partial charge in [0.1, 0.15) is 5.75 Å². The molecule has 1 aliphatic rings. The molecule has 0 radical (unpaired) electrons. The molecule has 3 rings (SSSR count). The van der Waals surface area contributed by atoms with Crippen LogP contribution in [0.4, 0.5) is 11.4 Å². The molecule has 0 spiro atoms.